The second kappa shape index (κ2) is 6.21. The molecule has 0 aromatic rings. The molecule has 1 fully saturated rings. The highest BCUT2D eigenvalue weighted by molar-refractivity contribution is 5.81. The molecular weight excluding hydrogens is 204 g/mol. The molecule has 16 heavy (non-hydrogen) atoms. The van der Waals surface area contributed by atoms with Gasteiger partial charge in [-0.2, -0.15) is 0 Å². The van der Waals surface area contributed by atoms with E-state index in [2.05, 4.69) is 5.32 Å². The van der Waals surface area contributed by atoms with Gasteiger partial charge in [-0.15, -0.1) is 0 Å². The topological polar surface area (TPSA) is 75.4 Å². The van der Waals surface area contributed by atoms with Gasteiger partial charge < -0.3 is 16.2 Å². The van der Waals surface area contributed by atoms with Crippen molar-refractivity contribution in [1.82, 2.24) is 5.32 Å². The van der Waals surface area contributed by atoms with Crippen molar-refractivity contribution in [3.05, 3.63) is 0 Å². The van der Waals surface area contributed by atoms with Crippen LogP contribution in [0.5, 0.6) is 0 Å². The van der Waals surface area contributed by atoms with Gasteiger partial charge in [0.05, 0.1) is 11.6 Å². The number of nitrogens with two attached hydrogens (primary N) is 1. The third-order valence-electron chi connectivity index (χ3n) is 3.31. The summed E-state index contributed by atoms with van der Waals surface area (Å²) in [5, 5.41) is 12.9. The fourth-order valence-corrected chi connectivity index (χ4v) is 2.21. The first-order chi connectivity index (χ1) is 7.57. The van der Waals surface area contributed by atoms with Crippen LogP contribution in [0.15, 0.2) is 0 Å². The molecule has 4 nitrogen and oxygen atoms in total. The van der Waals surface area contributed by atoms with Crippen molar-refractivity contribution in [1.29, 1.82) is 0 Å². The number of nitrogens with one attached hydrogen (secondary N) is 1. The van der Waals surface area contributed by atoms with Crippen LogP contribution in [0.1, 0.15) is 51.9 Å². The Hall–Kier alpha value is -0.610. The van der Waals surface area contributed by atoms with Crippen LogP contribution in [0.2, 0.25) is 0 Å². The smallest absolute Gasteiger partial charge is 0.237 e. The van der Waals surface area contributed by atoms with Crippen LogP contribution >= 0.6 is 0 Å². The summed E-state index contributed by atoms with van der Waals surface area (Å²) in [6, 6.07) is -0.433. The van der Waals surface area contributed by atoms with Gasteiger partial charge in [0, 0.05) is 6.54 Å². The lowest BCUT2D eigenvalue weighted by molar-refractivity contribution is -0.124. The maximum atomic E-state index is 11.6. The van der Waals surface area contributed by atoms with Gasteiger partial charge in [-0.25, -0.2) is 0 Å². The molecule has 0 spiro atoms. The van der Waals surface area contributed by atoms with Crippen molar-refractivity contribution in [2.45, 2.75) is 63.5 Å². The molecule has 0 unspecified atom stereocenters. The Kier molecular flexibility index (Phi) is 5.22. The molecule has 1 amide bonds. The Morgan fingerprint density at radius 3 is 2.62 bits per heavy atom. The molecule has 0 saturated heterocycles. The quantitative estimate of drug-likeness (QED) is 0.655. The van der Waals surface area contributed by atoms with Crippen LogP contribution in [-0.2, 0) is 4.79 Å². The van der Waals surface area contributed by atoms with Gasteiger partial charge in [-0.3, -0.25) is 4.79 Å². The van der Waals surface area contributed by atoms with Crippen LogP contribution in [0.3, 0.4) is 0 Å². The zero-order chi connectivity index (χ0) is 12.0. The van der Waals surface area contributed by atoms with E-state index in [-0.39, 0.29) is 5.91 Å². The van der Waals surface area contributed by atoms with Crippen LogP contribution in [0.4, 0.5) is 0 Å². The van der Waals surface area contributed by atoms with E-state index in [4.69, 9.17) is 5.73 Å². The van der Waals surface area contributed by atoms with E-state index >= 15 is 0 Å². The molecule has 0 bridgehead atoms. The standard InChI is InChI=1S/C12H24N2O2/c1-2-6-10(13)11(15)14-9-12(16)7-4-3-5-8-12/h10,16H,2-9,13H2,1H3,(H,14,15)/t10-/m0/s1. The van der Waals surface area contributed by atoms with Gasteiger partial charge in [0.25, 0.3) is 0 Å². The summed E-state index contributed by atoms with van der Waals surface area (Å²) in [5.41, 5.74) is 5.00. The maximum Gasteiger partial charge on any atom is 0.237 e. The summed E-state index contributed by atoms with van der Waals surface area (Å²) in [6.45, 7) is 2.35. The molecule has 4 N–H and O–H groups in total. The molecule has 1 rings (SSSR count). The van der Waals surface area contributed by atoms with Crippen LogP contribution in [0.25, 0.3) is 0 Å². The van der Waals surface area contributed by atoms with Gasteiger partial charge >= 0.3 is 0 Å². The number of hydrogen-bond donors (Lipinski definition) is 3. The van der Waals surface area contributed by atoms with Crippen molar-refractivity contribution in [2.75, 3.05) is 6.54 Å². The van der Waals surface area contributed by atoms with E-state index in [1.165, 1.54) is 6.42 Å². The Labute approximate surface area is 97.6 Å². The van der Waals surface area contributed by atoms with Crippen molar-refractivity contribution >= 4 is 5.91 Å². The number of carbonyl (C=O) groups is 1. The fraction of sp³-hybridized carbons (Fsp3) is 0.917. The monoisotopic (exact) mass is 228 g/mol. The molecular formula is C12H24N2O2. The minimum Gasteiger partial charge on any atom is -0.388 e. The summed E-state index contributed by atoms with van der Waals surface area (Å²) in [4.78, 5) is 11.6. The predicted molar refractivity (Wildman–Crippen MR) is 63.9 cm³/mol. The van der Waals surface area contributed by atoms with Crippen molar-refractivity contribution < 1.29 is 9.90 Å². The SMILES string of the molecule is CCC[C@H](N)C(=O)NCC1(O)CCCCC1. The minimum atomic E-state index is -0.695. The highest BCUT2D eigenvalue weighted by atomic mass is 16.3. The molecule has 4 heteroatoms. The molecule has 0 heterocycles. The molecule has 0 aromatic carbocycles. The number of amides is 1. The summed E-state index contributed by atoms with van der Waals surface area (Å²) in [5.74, 6) is -0.138. The van der Waals surface area contributed by atoms with Crippen LogP contribution in [-0.4, -0.2) is 29.2 Å². The first-order valence-electron chi connectivity index (χ1n) is 6.33. The van der Waals surface area contributed by atoms with Gasteiger partial charge in [0.1, 0.15) is 0 Å². The number of hydrogen-bond acceptors (Lipinski definition) is 3. The Morgan fingerprint density at radius 2 is 2.06 bits per heavy atom. The molecule has 1 atom stereocenters. The van der Waals surface area contributed by atoms with Gasteiger partial charge in [0.15, 0.2) is 0 Å². The van der Waals surface area contributed by atoms with E-state index in [0.717, 1.165) is 32.1 Å². The van der Waals surface area contributed by atoms with Gasteiger partial charge in [-0.05, 0) is 19.3 Å². The number of aliphatic hydroxyl groups is 1. The second-order valence-electron chi connectivity index (χ2n) is 4.90. The van der Waals surface area contributed by atoms with E-state index in [1.54, 1.807) is 0 Å². The lowest BCUT2D eigenvalue weighted by atomic mass is 9.85. The molecule has 0 aliphatic heterocycles. The summed E-state index contributed by atoms with van der Waals surface area (Å²) in [7, 11) is 0. The predicted octanol–water partition coefficient (Wildman–Crippen LogP) is 0.925. The molecule has 1 saturated carbocycles. The Balaban J connectivity index is 2.29. The van der Waals surface area contributed by atoms with E-state index < -0.39 is 11.6 Å². The summed E-state index contributed by atoms with van der Waals surface area (Å²) >= 11 is 0. The largest absolute Gasteiger partial charge is 0.388 e. The Bertz CT molecular complexity index is 225. The first-order valence-corrected chi connectivity index (χ1v) is 6.33. The molecule has 1 aliphatic carbocycles. The normalized spacial score (nSPS) is 21.4. The molecule has 1 aliphatic rings. The fourth-order valence-electron chi connectivity index (χ4n) is 2.21. The molecule has 0 radical (unpaired) electrons. The third-order valence-corrected chi connectivity index (χ3v) is 3.31. The van der Waals surface area contributed by atoms with Crippen molar-refractivity contribution in [3.8, 4) is 0 Å². The van der Waals surface area contributed by atoms with Crippen molar-refractivity contribution in [3.63, 3.8) is 0 Å². The molecule has 0 aromatic heterocycles. The summed E-state index contributed by atoms with van der Waals surface area (Å²) in [6.07, 6.45) is 6.46. The van der Waals surface area contributed by atoms with Gasteiger partial charge in [-0.1, -0.05) is 32.6 Å². The van der Waals surface area contributed by atoms with E-state index in [1.807, 2.05) is 6.92 Å². The average molecular weight is 228 g/mol. The minimum absolute atomic E-state index is 0.138. The Morgan fingerprint density at radius 1 is 1.44 bits per heavy atom. The van der Waals surface area contributed by atoms with E-state index in [0.29, 0.717) is 13.0 Å². The van der Waals surface area contributed by atoms with Gasteiger partial charge in [0.2, 0.25) is 5.91 Å². The zero-order valence-electron chi connectivity index (χ0n) is 10.2. The number of rotatable bonds is 5. The highest BCUT2D eigenvalue weighted by Gasteiger charge is 2.29. The highest BCUT2D eigenvalue weighted by Crippen LogP contribution is 2.27. The zero-order valence-corrected chi connectivity index (χ0v) is 10.2. The second-order valence-corrected chi connectivity index (χ2v) is 4.90. The molecule has 94 valence electrons. The van der Waals surface area contributed by atoms with E-state index in [9.17, 15) is 9.90 Å². The lowest BCUT2D eigenvalue weighted by Gasteiger charge is -2.32. The maximum absolute atomic E-state index is 11.6. The average Bonchev–Trinajstić information content (AvgIpc) is 2.27. The van der Waals surface area contributed by atoms with Crippen molar-refractivity contribution in [2.24, 2.45) is 5.73 Å². The third kappa shape index (κ3) is 4.10. The first kappa shape index (κ1) is 13.5. The van der Waals surface area contributed by atoms with Crippen LogP contribution in [0, 0.1) is 0 Å². The summed E-state index contributed by atoms with van der Waals surface area (Å²) < 4.78 is 0. The number of carbonyl (C=O) groups excluding carboxylic acids is 1. The van der Waals surface area contributed by atoms with Crippen LogP contribution < -0.4 is 11.1 Å². The lowest BCUT2D eigenvalue weighted by Crippen LogP contribution is -2.48.